The van der Waals surface area contributed by atoms with Gasteiger partial charge in [0.2, 0.25) is 16.0 Å². The van der Waals surface area contributed by atoms with Gasteiger partial charge in [0.1, 0.15) is 11.6 Å². The Hall–Kier alpha value is -2.93. The number of anilines is 1. The number of aromatic nitrogens is 2. The van der Waals surface area contributed by atoms with Gasteiger partial charge in [0.05, 0.1) is 21.8 Å². The minimum Gasteiger partial charge on any atom is -0.336 e. The number of hydrogen-bond donors (Lipinski definition) is 1. The highest BCUT2D eigenvalue weighted by Gasteiger charge is 2.51. The number of nitrogens with zero attached hydrogens (tertiary/aromatic N) is 4. The molecule has 1 aliphatic carbocycles. The van der Waals surface area contributed by atoms with Gasteiger partial charge < -0.3 is 10.2 Å². The number of nitrogens with one attached hydrogen (secondary N) is 1. The van der Waals surface area contributed by atoms with E-state index >= 15 is 0 Å². The minimum atomic E-state index is -4.98. The van der Waals surface area contributed by atoms with Crippen LogP contribution in [-0.2, 0) is 27.0 Å². The van der Waals surface area contributed by atoms with Crippen molar-refractivity contribution in [3.63, 3.8) is 0 Å². The summed E-state index contributed by atoms with van der Waals surface area (Å²) in [4.78, 5) is 12.9. The zero-order valence-corrected chi connectivity index (χ0v) is 19.0. The zero-order valence-electron chi connectivity index (χ0n) is 17.4. The molecular formula is C19H15F6N5O3S2. The second-order valence-electron chi connectivity index (χ2n) is 8.14. The number of hydrogen-bond acceptors (Lipinski definition) is 8. The number of sulfone groups is 1. The standard InChI is InChI=1S/C19H15F6N5O3S2/c20-18(21,22)11-3-1-2-4-13(11)35(32,33)10-7-12(14(31)27-17(9-26)5-6-17)30(8-10)16-29-28-15(34-16)19(23,24)25/h1-4,10,12H,5-8H2,(H,27,31)/t10-,12+/m1/s1. The van der Waals surface area contributed by atoms with Gasteiger partial charge in [-0.2, -0.15) is 31.6 Å². The minimum absolute atomic E-state index is 0.0724. The lowest BCUT2D eigenvalue weighted by Crippen LogP contribution is -2.47. The van der Waals surface area contributed by atoms with Crippen molar-refractivity contribution in [2.45, 2.75) is 53.3 Å². The summed E-state index contributed by atoms with van der Waals surface area (Å²) < 4.78 is 106. The topological polar surface area (TPSA) is 116 Å². The highest BCUT2D eigenvalue weighted by atomic mass is 32.2. The average molecular weight is 539 g/mol. The molecule has 8 nitrogen and oxygen atoms in total. The second kappa shape index (κ2) is 8.33. The Morgan fingerprint density at radius 3 is 2.34 bits per heavy atom. The number of benzene rings is 1. The van der Waals surface area contributed by atoms with Crippen LogP contribution in [0.3, 0.4) is 0 Å². The van der Waals surface area contributed by atoms with Crippen molar-refractivity contribution in [1.29, 1.82) is 5.26 Å². The molecule has 16 heteroatoms. The van der Waals surface area contributed by atoms with Gasteiger partial charge in [0.25, 0.3) is 0 Å². The van der Waals surface area contributed by atoms with Crippen molar-refractivity contribution in [2.75, 3.05) is 11.4 Å². The predicted molar refractivity (Wildman–Crippen MR) is 109 cm³/mol. The summed E-state index contributed by atoms with van der Waals surface area (Å²) in [6.07, 6.45) is -9.68. The summed E-state index contributed by atoms with van der Waals surface area (Å²) in [6, 6.07) is 4.05. The van der Waals surface area contributed by atoms with Crippen LogP contribution in [0.15, 0.2) is 29.2 Å². The van der Waals surface area contributed by atoms with Crippen LogP contribution in [0.25, 0.3) is 0 Å². The van der Waals surface area contributed by atoms with Crippen LogP contribution in [0.2, 0.25) is 0 Å². The summed E-state index contributed by atoms with van der Waals surface area (Å²) in [6.45, 7) is -0.599. The van der Waals surface area contributed by atoms with Crippen molar-refractivity contribution < 1.29 is 39.6 Å². The largest absolute Gasteiger partial charge is 0.445 e. The third-order valence-corrected chi connectivity index (χ3v) is 8.93. The Balaban J connectivity index is 1.71. The van der Waals surface area contributed by atoms with E-state index in [-0.39, 0.29) is 11.3 Å². The van der Waals surface area contributed by atoms with Crippen molar-refractivity contribution >= 4 is 32.2 Å². The van der Waals surface area contributed by atoms with Crippen molar-refractivity contribution in [2.24, 2.45) is 0 Å². The highest BCUT2D eigenvalue weighted by Crippen LogP contribution is 2.41. The summed E-state index contributed by atoms with van der Waals surface area (Å²) in [5.74, 6) is -0.838. The van der Waals surface area contributed by atoms with E-state index in [2.05, 4.69) is 15.5 Å². The van der Waals surface area contributed by atoms with E-state index in [0.29, 0.717) is 18.9 Å². The van der Waals surface area contributed by atoms with Crippen LogP contribution in [0.1, 0.15) is 29.8 Å². The zero-order chi connectivity index (χ0) is 25.8. The number of carbonyl (C=O) groups excluding carboxylic acids is 1. The van der Waals surface area contributed by atoms with Crippen LogP contribution in [0, 0.1) is 11.3 Å². The third-order valence-electron chi connectivity index (χ3n) is 5.73. The Bertz CT molecular complexity index is 1300. The van der Waals surface area contributed by atoms with Crippen LogP contribution in [-0.4, -0.2) is 47.9 Å². The molecule has 1 saturated carbocycles. The first kappa shape index (κ1) is 25.2. The Morgan fingerprint density at radius 1 is 1.14 bits per heavy atom. The van der Waals surface area contributed by atoms with Crippen LogP contribution < -0.4 is 10.2 Å². The fourth-order valence-corrected chi connectivity index (χ4v) is 6.45. The molecule has 0 unspecified atom stereocenters. The van der Waals surface area contributed by atoms with Crippen LogP contribution in [0.4, 0.5) is 31.5 Å². The molecule has 188 valence electrons. The quantitative estimate of drug-likeness (QED) is 0.581. The Morgan fingerprint density at radius 2 is 1.80 bits per heavy atom. The molecule has 1 N–H and O–H groups in total. The van der Waals surface area contributed by atoms with E-state index in [1.165, 1.54) is 0 Å². The second-order valence-corrected chi connectivity index (χ2v) is 11.3. The van der Waals surface area contributed by atoms with Crippen molar-refractivity contribution in [1.82, 2.24) is 15.5 Å². The van der Waals surface area contributed by atoms with Crippen LogP contribution >= 0.6 is 11.3 Å². The maximum atomic E-state index is 13.5. The lowest BCUT2D eigenvalue weighted by atomic mass is 10.2. The first-order chi connectivity index (χ1) is 16.2. The van der Waals surface area contributed by atoms with Gasteiger partial charge in [0, 0.05) is 6.54 Å². The number of alkyl halides is 6. The molecule has 0 spiro atoms. The SMILES string of the molecule is N#CC1(NC(=O)[C@@H]2C[C@@H](S(=O)(=O)c3ccccc3C(F)(F)F)CN2c2nnc(C(F)(F)F)s2)CC1. The lowest BCUT2D eigenvalue weighted by molar-refractivity contribution is -0.140. The van der Waals surface area contributed by atoms with E-state index in [0.717, 1.165) is 23.1 Å². The van der Waals surface area contributed by atoms with Gasteiger partial charge in [0.15, 0.2) is 9.84 Å². The molecular weight excluding hydrogens is 524 g/mol. The fraction of sp³-hybridized carbons (Fsp3) is 0.474. The number of halogens is 6. The number of rotatable bonds is 5. The smallest absolute Gasteiger partial charge is 0.336 e. The molecule has 2 aliphatic rings. The molecule has 0 bridgehead atoms. The average Bonchev–Trinajstić information content (AvgIpc) is 3.16. The molecule has 0 radical (unpaired) electrons. The molecule has 2 aromatic rings. The fourth-order valence-electron chi connectivity index (χ4n) is 3.77. The van der Waals surface area contributed by atoms with Gasteiger partial charge >= 0.3 is 12.4 Å². The van der Waals surface area contributed by atoms with Gasteiger partial charge in [-0.25, -0.2) is 8.42 Å². The summed E-state index contributed by atoms with van der Waals surface area (Å²) >= 11 is 0.0724. The lowest BCUT2D eigenvalue weighted by Gasteiger charge is -2.23. The molecule has 4 rings (SSSR count). The maximum Gasteiger partial charge on any atom is 0.445 e. The predicted octanol–water partition coefficient (Wildman–Crippen LogP) is 3.17. The molecule has 2 atom stereocenters. The third kappa shape index (κ3) is 4.79. The summed E-state index contributed by atoms with van der Waals surface area (Å²) in [5.41, 5.74) is -2.56. The molecule has 1 aromatic heterocycles. The molecule has 1 aromatic carbocycles. The number of amides is 1. The van der Waals surface area contributed by atoms with E-state index in [1.54, 1.807) is 0 Å². The Labute approximate surface area is 198 Å². The highest BCUT2D eigenvalue weighted by molar-refractivity contribution is 7.92. The summed E-state index contributed by atoms with van der Waals surface area (Å²) in [5, 5.41) is 14.8. The van der Waals surface area contributed by atoms with E-state index in [1.807, 2.05) is 6.07 Å². The van der Waals surface area contributed by atoms with E-state index < -0.39 is 78.5 Å². The van der Waals surface area contributed by atoms with E-state index in [4.69, 9.17) is 0 Å². The van der Waals surface area contributed by atoms with Crippen molar-refractivity contribution in [3.05, 3.63) is 34.8 Å². The van der Waals surface area contributed by atoms with Gasteiger partial charge in [-0.05, 0) is 31.4 Å². The maximum absolute atomic E-state index is 13.5. The molecule has 1 aliphatic heterocycles. The molecule has 1 amide bonds. The molecule has 35 heavy (non-hydrogen) atoms. The number of carbonyl (C=O) groups is 1. The summed E-state index contributed by atoms with van der Waals surface area (Å²) in [7, 11) is -4.69. The first-order valence-corrected chi connectivity index (χ1v) is 12.3. The van der Waals surface area contributed by atoms with E-state index in [9.17, 15) is 44.8 Å². The van der Waals surface area contributed by atoms with Crippen molar-refractivity contribution in [3.8, 4) is 6.07 Å². The Kier molecular flexibility index (Phi) is 5.99. The van der Waals surface area contributed by atoms with Gasteiger partial charge in [-0.1, -0.05) is 23.5 Å². The van der Waals surface area contributed by atoms with Gasteiger partial charge in [-0.15, -0.1) is 10.2 Å². The normalized spacial score (nSPS) is 22.0. The monoisotopic (exact) mass is 539 g/mol. The van der Waals surface area contributed by atoms with Crippen LogP contribution in [0.5, 0.6) is 0 Å². The molecule has 2 fully saturated rings. The number of nitriles is 1. The molecule has 1 saturated heterocycles. The molecule has 2 heterocycles. The first-order valence-electron chi connectivity index (χ1n) is 9.99. The van der Waals surface area contributed by atoms with Gasteiger partial charge in [-0.3, -0.25) is 4.79 Å².